The average molecular weight is 223 g/mol. The first kappa shape index (κ1) is 13.2. The summed E-state index contributed by atoms with van der Waals surface area (Å²) in [5.74, 6) is 0. The van der Waals surface area contributed by atoms with Crippen molar-refractivity contribution in [2.45, 2.75) is 59.5 Å². The zero-order valence-electron chi connectivity index (χ0n) is 11.3. The molecule has 3 nitrogen and oxygen atoms in total. The van der Waals surface area contributed by atoms with Crippen LogP contribution in [0, 0.1) is 6.92 Å². The molecule has 0 aliphatic carbocycles. The lowest BCUT2D eigenvalue weighted by Crippen LogP contribution is -2.36. The fourth-order valence-corrected chi connectivity index (χ4v) is 1.81. The minimum Gasteiger partial charge on any atom is -0.312 e. The highest BCUT2D eigenvalue weighted by atomic mass is 15.3. The molecule has 0 saturated heterocycles. The van der Waals surface area contributed by atoms with Crippen LogP contribution in [-0.2, 0) is 13.0 Å². The van der Waals surface area contributed by atoms with E-state index in [1.54, 1.807) is 0 Å². The Morgan fingerprint density at radius 3 is 2.62 bits per heavy atom. The average Bonchev–Trinajstić information content (AvgIpc) is 2.52. The van der Waals surface area contributed by atoms with Gasteiger partial charge in [-0.25, -0.2) is 0 Å². The maximum Gasteiger partial charge on any atom is 0.0596 e. The first-order valence-electron chi connectivity index (χ1n) is 6.21. The molecule has 0 saturated carbocycles. The van der Waals surface area contributed by atoms with Gasteiger partial charge in [-0.1, -0.05) is 0 Å². The third kappa shape index (κ3) is 4.35. The van der Waals surface area contributed by atoms with Gasteiger partial charge >= 0.3 is 0 Å². The Bertz CT molecular complexity index is 320. The van der Waals surface area contributed by atoms with Crippen molar-refractivity contribution in [1.82, 2.24) is 15.1 Å². The molecule has 0 spiro atoms. The molecule has 1 aromatic heterocycles. The Morgan fingerprint density at radius 1 is 1.38 bits per heavy atom. The zero-order valence-corrected chi connectivity index (χ0v) is 11.3. The van der Waals surface area contributed by atoms with E-state index in [9.17, 15) is 0 Å². The fourth-order valence-electron chi connectivity index (χ4n) is 1.81. The summed E-state index contributed by atoms with van der Waals surface area (Å²) in [7, 11) is 0. The van der Waals surface area contributed by atoms with Gasteiger partial charge < -0.3 is 5.32 Å². The molecule has 1 N–H and O–H groups in total. The van der Waals surface area contributed by atoms with Crippen LogP contribution in [0.25, 0.3) is 0 Å². The molecule has 0 amide bonds. The van der Waals surface area contributed by atoms with Crippen LogP contribution in [0.1, 0.15) is 45.5 Å². The van der Waals surface area contributed by atoms with Gasteiger partial charge in [0.2, 0.25) is 0 Å². The molecule has 0 aliphatic heterocycles. The Kier molecular flexibility index (Phi) is 4.54. The van der Waals surface area contributed by atoms with E-state index in [-0.39, 0.29) is 5.54 Å². The van der Waals surface area contributed by atoms with E-state index in [1.165, 1.54) is 12.1 Å². The van der Waals surface area contributed by atoms with Crippen LogP contribution in [0.5, 0.6) is 0 Å². The lowest BCUT2D eigenvalue weighted by molar-refractivity contribution is 0.420. The summed E-state index contributed by atoms with van der Waals surface area (Å²) < 4.78 is 2.10. The first-order valence-corrected chi connectivity index (χ1v) is 6.21. The van der Waals surface area contributed by atoms with Gasteiger partial charge in [0.05, 0.1) is 5.69 Å². The Hall–Kier alpha value is -0.830. The minimum atomic E-state index is 0.223. The Balaban J connectivity index is 2.37. The summed E-state index contributed by atoms with van der Waals surface area (Å²) in [6.45, 7) is 12.8. The van der Waals surface area contributed by atoms with Gasteiger partial charge in [0.15, 0.2) is 0 Å². The molecule has 92 valence electrons. The topological polar surface area (TPSA) is 29.9 Å². The monoisotopic (exact) mass is 223 g/mol. The number of nitrogens with zero attached hydrogens (tertiary/aromatic N) is 2. The molecule has 0 aliphatic rings. The van der Waals surface area contributed by atoms with Gasteiger partial charge in [-0.3, -0.25) is 4.68 Å². The summed E-state index contributed by atoms with van der Waals surface area (Å²) in [6, 6.07) is 2.20. The van der Waals surface area contributed by atoms with Gasteiger partial charge in [0.25, 0.3) is 0 Å². The van der Waals surface area contributed by atoms with E-state index >= 15 is 0 Å². The maximum absolute atomic E-state index is 4.45. The van der Waals surface area contributed by atoms with Crippen LogP contribution in [0.15, 0.2) is 6.07 Å². The minimum absolute atomic E-state index is 0.223. The normalized spacial score (nSPS) is 12.1. The summed E-state index contributed by atoms with van der Waals surface area (Å²) in [5.41, 5.74) is 2.71. The van der Waals surface area contributed by atoms with Gasteiger partial charge in [0.1, 0.15) is 0 Å². The van der Waals surface area contributed by atoms with Crippen molar-refractivity contribution in [2.24, 2.45) is 0 Å². The van der Waals surface area contributed by atoms with E-state index in [0.717, 1.165) is 25.2 Å². The number of aromatic nitrogens is 2. The van der Waals surface area contributed by atoms with Crippen LogP contribution >= 0.6 is 0 Å². The van der Waals surface area contributed by atoms with E-state index < -0.39 is 0 Å². The van der Waals surface area contributed by atoms with Crippen LogP contribution in [-0.4, -0.2) is 21.9 Å². The molecule has 0 aromatic carbocycles. The highest BCUT2D eigenvalue weighted by Crippen LogP contribution is 2.07. The molecule has 3 heteroatoms. The molecule has 0 radical (unpaired) electrons. The number of rotatable bonds is 5. The molecule has 16 heavy (non-hydrogen) atoms. The fraction of sp³-hybridized carbons (Fsp3) is 0.769. The van der Waals surface area contributed by atoms with Crippen molar-refractivity contribution < 1.29 is 0 Å². The Labute approximate surface area is 99.2 Å². The molecule has 0 unspecified atom stereocenters. The molecule has 1 heterocycles. The highest BCUT2D eigenvalue weighted by Gasteiger charge is 2.08. The number of nitrogens with one attached hydrogen (secondary N) is 1. The van der Waals surface area contributed by atoms with Gasteiger partial charge in [-0.2, -0.15) is 5.10 Å². The zero-order chi connectivity index (χ0) is 12.2. The second-order valence-corrected chi connectivity index (χ2v) is 5.37. The number of hydrogen-bond donors (Lipinski definition) is 1. The molecular formula is C13H25N3. The van der Waals surface area contributed by atoms with E-state index in [4.69, 9.17) is 0 Å². The molecule has 0 bridgehead atoms. The quantitative estimate of drug-likeness (QED) is 0.777. The molecule has 1 rings (SSSR count). The van der Waals surface area contributed by atoms with Crippen molar-refractivity contribution in [1.29, 1.82) is 0 Å². The van der Waals surface area contributed by atoms with Crippen LogP contribution < -0.4 is 5.32 Å². The summed E-state index contributed by atoms with van der Waals surface area (Å²) in [5, 5.41) is 7.96. The van der Waals surface area contributed by atoms with E-state index in [2.05, 4.69) is 55.8 Å². The third-order valence-electron chi connectivity index (χ3n) is 2.55. The predicted molar refractivity (Wildman–Crippen MR) is 68.7 cm³/mol. The van der Waals surface area contributed by atoms with Crippen LogP contribution in [0.2, 0.25) is 0 Å². The predicted octanol–water partition coefficient (Wildman–Crippen LogP) is 2.53. The van der Waals surface area contributed by atoms with Gasteiger partial charge in [0, 0.05) is 17.8 Å². The molecular weight excluding hydrogens is 198 g/mol. The lowest BCUT2D eigenvalue weighted by atomic mass is 10.1. The van der Waals surface area contributed by atoms with Crippen molar-refractivity contribution in [3.63, 3.8) is 0 Å². The van der Waals surface area contributed by atoms with Crippen LogP contribution in [0.4, 0.5) is 0 Å². The second kappa shape index (κ2) is 5.48. The van der Waals surface area contributed by atoms with Crippen molar-refractivity contribution in [3.8, 4) is 0 Å². The summed E-state index contributed by atoms with van der Waals surface area (Å²) in [6.07, 6.45) is 2.28. The summed E-state index contributed by atoms with van der Waals surface area (Å²) >= 11 is 0. The van der Waals surface area contributed by atoms with Crippen molar-refractivity contribution in [3.05, 3.63) is 17.5 Å². The SMILES string of the molecule is CCn1nc(C)cc1CCCNC(C)(C)C. The van der Waals surface area contributed by atoms with Crippen molar-refractivity contribution >= 4 is 0 Å². The largest absolute Gasteiger partial charge is 0.312 e. The lowest BCUT2D eigenvalue weighted by Gasteiger charge is -2.20. The Morgan fingerprint density at radius 2 is 2.06 bits per heavy atom. The highest BCUT2D eigenvalue weighted by molar-refractivity contribution is 5.09. The summed E-state index contributed by atoms with van der Waals surface area (Å²) in [4.78, 5) is 0. The first-order chi connectivity index (χ1) is 7.42. The van der Waals surface area contributed by atoms with E-state index in [0.29, 0.717) is 0 Å². The van der Waals surface area contributed by atoms with Crippen LogP contribution in [0.3, 0.4) is 0 Å². The molecule has 0 atom stereocenters. The molecule has 1 aromatic rings. The number of aryl methyl sites for hydroxylation is 3. The third-order valence-corrected chi connectivity index (χ3v) is 2.55. The van der Waals surface area contributed by atoms with Gasteiger partial charge in [-0.15, -0.1) is 0 Å². The standard InChI is InChI=1S/C13H25N3/c1-6-16-12(10-11(2)15-16)8-7-9-14-13(3,4)5/h10,14H,6-9H2,1-5H3. The van der Waals surface area contributed by atoms with Gasteiger partial charge in [-0.05, 0) is 60.1 Å². The number of hydrogen-bond acceptors (Lipinski definition) is 2. The second-order valence-electron chi connectivity index (χ2n) is 5.37. The smallest absolute Gasteiger partial charge is 0.0596 e. The maximum atomic E-state index is 4.45. The molecule has 0 fully saturated rings. The van der Waals surface area contributed by atoms with E-state index in [1.807, 2.05) is 0 Å². The van der Waals surface area contributed by atoms with Crippen molar-refractivity contribution in [2.75, 3.05) is 6.54 Å².